The first-order valence-corrected chi connectivity index (χ1v) is 32.0. The van der Waals surface area contributed by atoms with Crippen molar-refractivity contribution in [3.05, 3.63) is 11.6 Å². The maximum Gasteiger partial charge on any atom is 0.187 e. The molecule has 0 aromatic heterocycles. The van der Waals surface area contributed by atoms with E-state index < -0.39 is 215 Å². The Hall–Kier alpha value is -1.38. The monoisotopic (exact) mass is 1280 g/mol. The lowest BCUT2D eigenvalue weighted by Gasteiger charge is -2.67. The van der Waals surface area contributed by atoms with Crippen LogP contribution in [0, 0.1) is 45.3 Å². The molecule has 35 atom stereocenters. The van der Waals surface area contributed by atoms with Crippen LogP contribution in [0.4, 0.5) is 0 Å². The van der Waals surface area contributed by atoms with Crippen LogP contribution in [0.15, 0.2) is 11.6 Å². The summed E-state index contributed by atoms with van der Waals surface area (Å²) >= 11 is 0. The van der Waals surface area contributed by atoms with Gasteiger partial charge in [0.05, 0.1) is 56.4 Å². The van der Waals surface area contributed by atoms with Gasteiger partial charge in [-0.1, -0.05) is 60.1 Å². The van der Waals surface area contributed by atoms with Crippen molar-refractivity contribution in [2.24, 2.45) is 45.3 Å². The molecule has 9 rings (SSSR count). The molecule has 0 radical (unpaired) electrons. The lowest BCUT2D eigenvalue weighted by molar-refractivity contribution is -0.391. The van der Waals surface area contributed by atoms with Gasteiger partial charge in [-0.15, -0.1) is 0 Å². The summed E-state index contributed by atoms with van der Waals surface area (Å²) in [6, 6.07) is 0. The van der Waals surface area contributed by atoms with Crippen molar-refractivity contribution in [3.8, 4) is 0 Å². The molecule has 0 bridgehead atoms. The Morgan fingerprint density at radius 3 is 1.58 bits per heavy atom. The van der Waals surface area contributed by atoms with Crippen LogP contribution in [0.2, 0.25) is 0 Å². The molecule has 0 aromatic carbocycles. The second kappa shape index (κ2) is 27.6. The van der Waals surface area contributed by atoms with Crippen molar-refractivity contribution < 1.29 is 139 Å². The van der Waals surface area contributed by atoms with Crippen molar-refractivity contribution in [1.82, 2.24) is 0 Å². The molecule has 5 aliphatic heterocycles. The fourth-order valence-electron chi connectivity index (χ4n) is 17.3. The summed E-state index contributed by atoms with van der Waals surface area (Å²) in [5.41, 5.74) is -2.26. The summed E-state index contributed by atoms with van der Waals surface area (Å²) in [5, 5.41) is 197. The number of fused-ring (bicyclic) bond motifs is 5. The first-order chi connectivity index (χ1) is 41.7. The average molecular weight is 1290 g/mol. The van der Waals surface area contributed by atoms with Gasteiger partial charge in [0.25, 0.3) is 0 Å². The van der Waals surface area contributed by atoms with Crippen molar-refractivity contribution in [2.75, 3.05) is 26.4 Å². The summed E-state index contributed by atoms with van der Waals surface area (Å²) < 4.78 is 60.1. The topological polar surface area (TPSA) is 456 Å². The van der Waals surface area contributed by atoms with E-state index in [1.165, 1.54) is 13.8 Å². The molecule has 8 fully saturated rings. The van der Waals surface area contributed by atoms with Crippen LogP contribution in [0.1, 0.15) is 120 Å². The first kappa shape index (κ1) is 71.9. The Morgan fingerprint density at radius 1 is 0.539 bits per heavy atom. The predicted molar refractivity (Wildman–Crippen MR) is 303 cm³/mol. The van der Waals surface area contributed by atoms with Crippen molar-refractivity contribution in [2.45, 2.75) is 298 Å². The lowest BCUT2D eigenvalue weighted by atomic mass is 9.38. The van der Waals surface area contributed by atoms with Crippen molar-refractivity contribution in [1.29, 1.82) is 0 Å². The van der Waals surface area contributed by atoms with E-state index in [0.29, 0.717) is 32.1 Å². The third-order valence-corrected chi connectivity index (χ3v) is 23.1. The average Bonchev–Trinajstić information content (AvgIpc) is 1.66. The molecule has 3 saturated carbocycles. The highest BCUT2D eigenvalue weighted by molar-refractivity contribution is 5.32. The van der Waals surface area contributed by atoms with Crippen LogP contribution in [0.3, 0.4) is 0 Å². The van der Waals surface area contributed by atoms with Crippen LogP contribution in [0.5, 0.6) is 0 Å². The Balaban J connectivity index is 0.920. The van der Waals surface area contributed by atoms with Gasteiger partial charge in [-0.25, -0.2) is 0 Å². The normalized spacial score (nSPS) is 51.8. The molecule has 3 unspecified atom stereocenters. The molecule has 0 amide bonds. The molecule has 5 saturated heterocycles. The Labute approximate surface area is 518 Å². The minimum atomic E-state index is -2.10. The Bertz CT molecular complexity index is 2340. The van der Waals surface area contributed by atoms with E-state index in [1.807, 2.05) is 0 Å². The number of aliphatic hydroxyl groups is 18. The van der Waals surface area contributed by atoms with E-state index in [-0.39, 0.29) is 47.3 Å². The molecule has 9 aliphatic rings. The molecule has 89 heavy (non-hydrogen) atoms. The van der Waals surface area contributed by atoms with E-state index in [0.717, 1.165) is 18.4 Å². The van der Waals surface area contributed by atoms with Crippen LogP contribution in [-0.4, -0.2) is 296 Å². The summed E-state index contributed by atoms with van der Waals surface area (Å²) in [7, 11) is 0. The molecular formula is C61H104O28. The maximum atomic E-state index is 12.8. The number of allylic oxidation sites excluding steroid dienone is 1. The highest BCUT2D eigenvalue weighted by Crippen LogP contribution is 2.75. The highest BCUT2D eigenvalue weighted by Gasteiger charge is 2.70. The number of ether oxygens (including phenoxy) is 10. The van der Waals surface area contributed by atoms with Crippen molar-refractivity contribution in [3.63, 3.8) is 0 Å². The molecule has 28 nitrogen and oxygen atoms in total. The molecule has 18 N–H and O–H groups in total. The maximum absolute atomic E-state index is 12.8. The SMILES string of the molecule is CC[C@H]1O[C@H](OC[C@H]2O[C@@H](O[C@H](CC[C@@H](C)C3CC[C@@]4(C)C5CC=C6C(CC[C@H](O[C@@H]7O[C@H](CO)[C@@H](O)[C@H](O)[C@H]7O)C6(C)C)[C@]5(C)[C@H](O)C[C@]34C)C(C)(C)O)[C@H](O[C@@H]3O[C@H](CO)[C@@H](O[C@H]4O[C@H](CO)[C@@H](O)[C@H](O)[C@H]4O)[C@H](O)[C@H]3O)[C@@H](O)[C@@H]2O)[C@H](O)[C@@H](O)[C@@H]1O. The smallest absolute Gasteiger partial charge is 0.187 e. The molecule has 5 heterocycles. The highest BCUT2D eigenvalue weighted by atomic mass is 16.8. The zero-order valence-corrected chi connectivity index (χ0v) is 52.4. The molecule has 0 spiro atoms. The van der Waals surface area contributed by atoms with Crippen LogP contribution >= 0.6 is 0 Å². The predicted octanol–water partition coefficient (Wildman–Crippen LogP) is -3.99. The molecular weight excluding hydrogens is 1180 g/mol. The second-order valence-corrected chi connectivity index (χ2v) is 28.9. The summed E-state index contributed by atoms with van der Waals surface area (Å²) in [4.78, 5) is 0. The molecule has 516 valence electrons. The fraction of sp³-hybridized carbons (Fsp3) is 0.967. The zero-order valence-electron chi connectivity index (χ0n) is 52.4. The van der Waals surface area contributed by atoms with E-state index in [2.05, 4.69) is 47.6 Å². The van der Waals surface area contributed by atoms with Gasteiger partial charge in [0, 0.05) is 10.8 Å². The van der Waals surface area contributed by atoms with E-state index in [9.17, 15) is 91.9 Å². The van der Waals surface area contributed by atoms with Gasteiger partial charge < -0.3 is 139 Å². The standard InChI is InChI=1S/C61H104O28/c1-10-28-37(66)41(70)46(75)52(81-28)80-23-32-40(69)44(73)51(89-55-49(78)45(74)50(31(22-64)84-55)88-54-48(77)43(72)39(68)30(21-63)83-54)56(85-32)87-36(58(5,6)79)15-11-24(2)25-17-18-59(7)33-14-12-26-27(61(33,9)34(65)19-60(25,59)8)13-16-35(57(26,3)4)86-53-47(76)42(71)38(67)29(20-62)82-53/h12,24-25,27-56,62-79H,10-11,13-23H2,1-9H3/t24-,25?,27?,28-,29-,30-,31-,32-,33?,34-,35+,36-,37-,38-,39-,40-,41+,42+,43+,44+,45-,46-,47-,48-,49-,50-,51-,52+,53+,54-,55+,56+,59+,60-,61+/m1/s1. The van der Waals surface area contributed by atoms with E-state index in [1.54, 1.807) is 6.92 Å². The Kier molecular flexibility index (Phi) is 22.3. The fourth-order valence-corrected chi connectivity index (χ4v) is 17.3. The third kappa shape index (κ3) is 13.0. The van der Waals surface area contributed by atoms with Gasteiger partial charge >= 0.3 is 0 Å². The lowest BCUT2D eigenvalue weighted by Crippen LogP contribution is -2.67. The zero-order chi connectivity index (χ0) is 65.5. The van der Waals surface area contributed by atoms with Crippen molar-refractivity contribution >= 4 is 0 Å². The van der Waals surface area contributed by atoms with Crippen LogP contribution < -0.4 is 0 Å². The largest absolute Gasteiger partial charge is 0.394 e. The summed E-state index contributed by atoms with van der Waals surface area (Å²) in [5.74, 6) is 0.0929. The summed E-state index contributed by atoms with van der Waals surface area (Å²) in [6.07, 6.45) is -36.7. The number of hydrogen-bond acceptors (Lipinski definition) is 28. The molecule has 4 aliphatic carbocycles. The van der Waals surface area contributed by atoms with E-state index >= 15 is 0 Å². The number of hydrogen-bond donors (Lipinski definition) is 18. The molecule has 0 aromatic rings. The van der Waals surface area contributed by atoms with E-state index in [4.69, 9.17) is 47.4 Å². The second-order valence-electron chi connectivity index (χ2n) is 28.9. The first-order valence-electron chi connectivity index (χ1n) is 32.0. The van der Waals surface area contributed by atoms with Gasteiger partial charge in [0.2, 0.25) is 0 Å². The minimum absolute atomic E-state index is 0.0170. The van der Waals surface area contributed by atoms with Gasteiger partial charge in [0.1, 0.15) is 116 Å². The third-order valence-electron chi connectivity index (χ3n) is 23.1. The minimum Gasteiger partial charge on any atom is -0.394 e. The van der Waals surface area contributed by atoms with Gasteiger partial charge in [-0.2, -0.15) is 0 Å². The van der Waals surface area contributed by atoms with Gasteiger partial charge in [-0.05, 0) is 106 Å². The van der Waals surface area contributed by atoms with Crippen LogP contribution in [-0.2, 0) is 47.4 Å². The quantitative estimate of drug-likeness (QED) is 0.0517. The van der Waals surface area contributed by atoms with Crippen LogP contribution in [0.25, 0.3) is 0 Å². The Morgan fingerprint density at radius 2 is 1.02 bits per heavy atom. The van der Waals surface area contributed by atoms with Gasteiger partial charge in [0.15, 0.2) is 31.5 Å². The summed E-state index contributed by atoms with van der Waals surface area (Å²) in [6.45, 7) is 14.9. The number of rotatable bonds is 20. The number of aliphatic hydroxyl groups excluding tert-OH is 17. The molecule has 28 heteroatoms. The van der Waals surface area contributed by atoms with Gasteiger partial charge in [-0.3, -0.25) is 0 Å².